The number of nitrogens with zero attached hydrogens (tertiary/aromatic N) is 1. The summed E-state index contributed by atoms with van der Waals surface area (Å²) in [4.78, 5) is 16.3. The number of rotatable bonds is 5. The fraction of sp³-hybridized carbons (Fsp3) is 0.571. The van der Waals surface area contributed by atoms with Crippen LogP contribution in [0.25, 0.3) is 0 Å². The monoisotopic (exact) mass is 245 g/mol. The lowest BCUT2D eigenvalue weighted by molar-refractivity contribution is 0.0921. The molecule has 1 aromatic heterocycles. The third-order valence-electron chi connectivity index (χ3n) is 3.84. The van der Waals surface area contributed by atoms with Crippen LogP contribution in [-0.4, -0.2) is 24.0 Å². The lowest BCUT2D eigenvalue weighted by Gasteiger charge is -2.17. The van der Waals surface area contributed by atoms with Gasteiger partial charge in [-0.3, -0.25) is 9.78 Å². The van der Waals surface area contributed by atoms with Crippen LogP contribution in [0, 0.1) is 11.8 Å². The second-order valence-electron chi connectivity index (χ2n) is 5.35. The van der Waals surface area contributed by atoms with Crippen molar-refractivity contribution >= 4 is 11.6 Å². The highest BCUT2D eigenvalue weighted by atomic mass is 16.1. The molecule has 4 heteroatoms. The molecule has 4 nitrogen and oxygen atoms in total. The van der Waals surface area contributed by atoms with E-state index in [4.69, 9.17) is 0 Å². The first-order chi connectivity index (χ1) is 8.78. The molecule has 0 atom stereocenters. The Labute approximate surface area is 107 Å². The summed E-state index contributed by atoms with van der Waals surface area (Å²) in [6.45, 7) is 0. The normalized spacial score (nSPS) is 18.8. The van der Waals surface area contributed by atoms with E-state index in [9.17, 15) is 4.79 Å². The molecule has 3 rings (SSSR count). The van der Waals surface area contributed by atoms with Gasteiger partial charge in [-0.1, -0.05) is 0 Å². The first kappa shape index (κ1) is 11.5. The standard InChI is InChI=1S/C14H19N3O/c1-15-11-6-7-16-12(8-11)14(18)17-13(9-2-3-9)10-4-5-10/h6-10,13H,2-5H2,1H3,(H,15,16)(H,17,18). The van der Waals surface area contributed by atoms with Gasteiger partial charge in [-0.2, -0.15) is 0 Å². The first-order valence-electron chi connectivity index (χ1n) is 6.72. The number of pyridine rings is 1. The number of nitrogens with one attached hydrogen (secondary N) is 2. The van der Waals surface area contributed by atoms with Gasteiger partial charge in [0.2, 0.25) is 0 Å². The molecule has 2 aliphatic carbocycles. The lowest BCUT2D eigenvalue weighted by Crippen LogP contribution is -2.38. The first-order valence-corrected chi connectivity index (χ1v) is 6.72. The number of aromatic nitrogens is 1. The molecular weight excluding hydrogens is 226 g/mol. The van der Waals surface area contributed by atoms with Crippen molar-refractivity contribution in [1.82, 2.24) is 10.3 Å². The van der Waals surface area contributed by atoms with E-state index in [1.54, 1.807) is 12.3 Å². The van der Waals surface area contributed by atoms with E-state index in [0.717, 1.165) is 5.69 Å². The molecule has 0 aromatic carbocycles. The van der Waals surface area contributed by atoms with Crippen LogP contribution in [-0.2, 0) is 0 Å². The summed E-state index contributed by atoms with van der Waals surface area (Å²) in [7, 11) is 1.84. The molecule has 0 aliphatic heterocycles. The maximum atomic E-state index is 12.2. The van der Waals surface area contributed by atoms with Gasteiger partial charge in [0.1, 0.15) is 5.69 Å². The molecule has 2 N–H and O–H groups in total. The molecule has 0 bridgehead atoms. The van der Waals surface area contributed by atoms with E-state index in [1.807, 2.05) is 13.1 Å². The van der Waals surface area contributed by atoms with Gasteiger partial charge in [-0.05, 0) is 49.7 Å². The van der Waals surface area contributed by atoms with Gasteiger partial charge in [0.05, 0.1) is 0 Å². The van der Waals surface area contributed by atoms with Crippen molar-refractivity contribution in [2.75, 3.05) is 12.4 Å². The van der Waals surface area contributed by atoms with Crippen LogP contribution < -0.4 is 10.6 Å². The minimum atomic E-state index is -0.0316. The third kappa shape index (κ3) is 2.47. The van der Waals surface area contributed by atoms with E-state index < -0.39 is 0 Å². The highest BCUT2D eigenvalue weighted by molar-refractivity contribution is 5.93. The number of anilines is 1. The number of carbonyl (C=O) groups excluding carboxylic acids is 1. The predicted octanol–water partition coefficient (Wildman–Crippen LogP) is 2.04. The van der Waals surface area contributed by atoms with E-state index in [1.165, 1.54) is 25.7 Å². The van der Waals surface area contributed by atoms with Crippen LogP contribution in [0.3, 0.4) is 0 Å². The number of hydrogen-bond donors (Lipinski definition) is 2. The predicted molar refractivity (Wildman–Crippen MR) is 70.5 cm³/mol. The van der Waals surface area contributed by atoms with Gasteiger partial charge in [-0.15, -0.1) is 0 Å². The van der Waals surface area contributed by atoms with Crippen molar-refractivity contribution in [3.8, 4) is 0 Å². The Bertz CT molecular complexity index is 440. The number of carbonyl (C=O) groups is 1. The molecule has 1 heterocycles. The van der Waals surface area contributed by atoms with Gasteiger partial charge in [0.25, 0.3) is 5.91 Å². The summed E-state index contributed by atoms with van der Waals surface area (Å²) in [6.07, 6.45) is 6.75. The van der Waals surface area contributed by atoms with Crippen molar-refractivity contribution in [3.05, 3.63) is 24.0 Å². The molecule has 0 saturated heterocycles. The third-order valence-corrected chi connectivity index (χ3v) is 3.84. The van der Waals surface area contributed by atoms with Crippen molar-refractivity contribution < 1.29 is 4.79 Å². The zero-order chi connectivity index (χ0) is 12.5. The SMILES string of the molecule is CNc1ccnc(C(=O)NC(C2CC2)C2CC2)c1. The van der Waals surface area contributed by atoms with Gasteiger partial charge in [0.15, 0.2) is 0 Å². The Balaban J connectivity index is 1.69. The Hall–Kier alpha value is -1.58. The van der Waals surface area contributed by atoms with Crippen LogP contribution >= 0.6 is 0 Å². The lowest BCUT2D eigenvalue weighted by atomic mass is 10.1. The molecule has 2 saturated carbocycles. The van der Waals surface area contributed by atoms with Gasteiger partial charge >= 0.3 is 0 Å². The molecular formula is C14H19N3O. The molecule has 96 valence electrons. The van der Waals surface area contributed by atoms with E-state index in [-0.39, 0.29) is 5.91 Å². The Morgan fingerprint density at radius 3 is 2.56 bits per heavy atom. The van der Waals surface area contributed by atoms with Crippen molar-refractivity contribution in [2.24, 2.45) is 11.8 Å². The van der Waals surface area contributed by atoms with Crippen molar-refractivity contribution in [2.45, 2.75) is 31.7 Å². The summed E-state index contributed by atoms with van der Waals surface area (Å²) in [5.74, 6) is 1.40. The fourth-order valence-electron chi connectivity index (χ4n) is 2.47. The van der Waals surface area contributed by atoms with Crippen LogP contribution in [0.15, 0.2) is 18.3 Å². The van der Waals surface area contributed by atoms with E-state index >= 15 is 0 Å². The molecule has 0 radical (unpaired) electrons. The largest absolute Gasteiger partial charge is 0.388 e. The average molecular weight is 245 g/mol. The number of amides is 1. The van der Waals surface area contributed by atoms with E-state index in [0.29, 0.717) is 23.6 Å². The maximum absolute atomic E-state index is 12.2. The molecule has 0 spiro atoms. The maximum Gasteiger partial charge on any atom is 0.270 e. The zero-order valence-corrected chi connectivity index (χ0v) is 10.6. The Morgan fingerprint density at radius 1 is 1.33 bits per heavy atom. The van der Waals surface area contributed by atoms with Crippen LogP contribution in [0.4, 0.5) is 5.69 Å². The molecule has 1 aromatic rings. The minimum absolute atomic E-state index is 0.0316. The van der Waals surface area contributed by atoms with E-state index in [2.05, 4.69) is 15.6 Å². The van der Waals surface area contributed by atoms with Crippen LogP contribution in [0.2, 0.25) is 0 Å². The highest BCUT2D eigenvalue weighted by Gasteiger charge is 2.42. The van der Waals surface area contributed by atoms with Gasteiger partial charge in [-0.25, -0.2) is 0 Å². The quantitative estimate of drug-likeness (QED) is 0.834. The fourth-order valence-corrected chi connectivity index (χ4v) is 2.47. The minimum Gasteiger partial charge on any atom is -0.388 e. The summed E-state index contributed by atoms with van der Waals surface area (Å²) < 4.78 is 0. The topological polar surface area (TPSA) is 54.0 Å². The van der Waals surface area contributed by atoms with Crippen LogP contribution in [0.1, 0.15) is 36.2 Å². The van der Waals surface area contributed by atoms with Gasteiger partial charge < -0.3 is 10.6 Å². The molecule has 2 aliphatic rings. The zero-order valence-electron chi connectivity index (χ0n) is 10.6. The highest BCUT2D eigenvalue weighted by Crippen LogP contribution is 2.44. The number of hydrogen-bond acceptors (Lipinski definition) is 3. The van der Waals surface area contributed by atoms with Crippen LogP contribution in [0.5, 0.6) is 0 Å². The van der Waals surface area contributed by atoms with Crippen molar-refractivity contribution in [3.63, 3.8) is 0 Å². The molecule has 18 heavy (non-hydrogen) atoms. The molecule has 2 fully saturated rings. The Morgan fingerprint density at radius 2 is 2.00 bits per heavy atom. The molecule has 1 amide bonds. The Kier molecular flexibility index (Phi) is 2.94. The van der Waals surface area contributed by atoms with Gasteiger partial charge in [0, 0.05) is 25.0 Å². The summed E-state index contributed by atoms with van der Waals surface area (Å²) in [5.41, 5.74) is 1.43. The summed E-state index contributed by atoms with van der Waals surface area (Å²) in [6, 6.07) is 4.04. The smallest absolute Gasteiger partial charge is 0.270 e. The summed E-state index contributed by atoms with van der Waals surface area (Å²) >= 11 is 0. The second kappa shape index (κ2) is 4.59. The summed E-state index contributed by atoms with van der Waals surface area (Å²) in [5, 5.41) is 6.21. The van der Waals surface area contributed by atoms with Crippen molar-refractivity contribution in [1.29, 1.82) is 0 Å². The molecule has 0 unspecified atom stereocenters. The second-order valence-corrected chi connectivity index (χ2v) is 5.35. The average Bonchev–Trinajstić information content (AvgIpc) is 3.29.